The van der Waals surface area contributed by atoms with Crippen LogP contribution in [0.4, 0.5) is 0 Å². The molecule has 0 aliphatic rings. The van der Waals surface area contributed by atoms with Crippen molar-refractivity contribution in [2.45, 2.75) is 4.90 Å². The molecule has 0 aliphatic carbocycles. The van der Waals surface area contributed by atoms with Crippen molar-refractivity contribution in [2.75, 3.05) is 42.3 Å². The molecule has 0 aromatic heterocycles. The molecule has 20 heavy (non-hydrogen) atoms. The summed E-state index contributed by atoms with van der Waals surface area (Å²) in [7, 11) is 4.90. The van der Waals surface area contributed by atoms with Gasteiger partial charge in [-0.3, -0.25) is 14.0 Å². The Kier molecular flexibility index (Phi) is 5.52. The SMILES string of the molecule is CN(C)P(=NS(=O)(=O)c1ccccc1)(N(C)C)N(C)C. The third-order valence-corrected chi connectivity index (χ3v) is 8.69. The van der Waals surface area contributed by atoms with Crippen molar-refractivity contribution in [1.29, 1.82) is 0 Å². The van der Waals surface area contributed by atoms with Crippen LogP contribution < -0.4 is 0 Å². The Balaban J connectivity index is 3.57. The van der Waals surface area contributed by atoms with Crippen molar-refractivity contribution >= 4 is 17.5 Å². The minimum Gasteiger partial charge on any atom is -0.251 e. The summed E-state index contributed by atoms with van der Waals surface area (Å²) in [5.74, 6) is 0. The molecule has 1 aromatic carbocycles. The van der Waals surface area contributed by atoms with Gasteiger partial charge in [0, 0.05) is 0 Å². The van der Waals surface area contributed by atoms with E-state index in [9.17, 15) is 8.42 Å². The zero-order chi connectivity index (χ0) is 15.6. The molecule has 6 nitrogen and oxygen atoms in total. The number of sulfonamides is 1. The van der Waals surface area contributed by atoms with Gasteiger partial charge in [0.15, 0.2) is 7.51 Å². The molecule has 1 rings (SSSR count). The number of nitrogens with zero attached hydrogens (tertiary/aromatic N) is 4. The summed E-state index contributed by atoms with van der Waals surface area (Å²) >= 11 is 0. The van der Waals surface area contributed by atoms with Gasteiger partial charge in [-0.25, -0.2) is 0 Å². The van der Waals surface area contributed by atoms with Crippen LogP contribution in [0.2, 0.25) is 0 Å². The van der Waals surface area contributed by atoms with Gasteiger partial charge in [-0.2, -0.15) is 8.42 Å². The molecule has 0 radical (unpaired) electrons. The molecule has 8 heteroatoms. The van der Waals surface area contributed by atoms with Crippen molar-refractivity contribution in [1.82, 2.24) is 14.0 Å². The van der Waals surface area contributed by atoms with E-state index in [1.807, 2.05) is 56.3 Å². The largest absolute Gasteiger partial charge is 0.284 e. The molecule has 0 heterocycles. The summed E-state index contributed by atoms with van der Waals surface area (Å²) in [5.41, 5.74) is 0. The maximum absolute atomic E-state index is 12.5. The predicted octanol–water partition coefficient (Wildman–Crippen LogP) is 2.01. The van der Waals surface area contributed by atoms with Crippen LogP contribution in [-0.2, 0) is 10.0 Å². The predicted molar refractivity (Wildman–Crippen MR) is 84.0 cm³/mol. The lowest BCUT2D eigenvalue weighted by atomic mass is 10.4. The Morgan fingerprint density at radius 1 is 0.850 bits per heavy atom. The Morgan fingerprint density at radius 3 is 1.60 bits per heavy atom. The van der Waals surface area contributed by atoms with Crippen molar-refractivity contribution in [2.24, 2.45) is 4.15 Å². The van der Waals surface area contributed by atoms with Gasteiger partial charge in [0.1, 0.15) is 0 Å². The first-order chi connectivity index (χ1) is 9.14. The number of hydrogen-bond acceptors (Lipinski definition) is 2. The lowest BCUT2D eigenvalue weighted by Gasteiger charge is -2.40. The Hall–Kier alpha value is -0.720. The van der Waals surface area contributed by atoms with E-state index in [2.05, 4.69) is 4.15 Å². The van der Waals surface area contributed by atoms with Gasteiger partial charge < -0.3 is 0 Å². The van der Waals surface area contributed by atoms with Crippen LogP contribution in [0, 0.1) is 0 Å². The zero-order valence-corrected chi connectivity index (χ0v) is 14.6. The highest BCUT2D eigenvalue weighted by Gasteiger charge is 2.32. The summed E-state index contributed by atoms with van der Waals surface area (Å²) in [6, 6.07) is 8.31. The smallest absolute Gasteiger partial charge is 0.251 e. The van der Waals surface area contributed by atoms with Crippen LogP contribution in [0.15, 0.2) is 39.4 Å². The summed E-state index contributed by atoms with van der Waals surface area (Å²) in [6.45, 7) is 0. The maximum atomic E-state index is 12.5. The fraction of sp³-hybridized carbons (Fsp3) is 0.500. The summed E-state index contributed by atoms with van der Waals surface area (Å²) < 4.78 is 35.0. The molecule has 0 saturated carbocycles. The van der Waals surface area contributed by atoms with Crippen LogP contribution in [0.3, 0.4) is 0 Å². The van der Waals surface area contributed by atoms with Gasteiger partial charge in [-0.15, -0.1) is 4.15 Å². The molecule has 0 bridgehead atoms. The standard InChI is InChI=1S/C12H23N4O2PS/c1-14(2)19(15(3)4,16(5)6)13-20(17,18)12-10-8-7-9-11-12/h7-11H,1-6H3. The van der Waals surface area contributed by atoms with E-state index in [1.54, 1.807) is 30.3 Å². The molecule has 0 aliphatic heterocycles. The molecule has 1 aromatic rings. The summed E-state index contributed by atoms with van der Waals surface area (Å²) in [5, 5.41) is 0. The number of hydrogen-bond donors (Lipinski definition) is 0. The van der Waals surface area contributed by atoms with Gasteiger partial charge >= 0.3 is 0 Å². The summed E-state index contributed by atoms with van der Waals surface area (Å²) in [4.78, 5) is 0.218. The van der Waals surface area contributed by atoms with Crippen molar-refractivity contribution in [3.8, 4) is 0 Å². The minimum atomic E-state index is -3.70. The van der Waals surface area contributed by atoms with Crippen molar-refractivity contribution in [3.63, 3.8) is 0 Å². The highest BCUT2D eigenvalue weighted by Crippen LogP contribution is 2.56. The number of rotatable bonds is 5. The van der Waals surface area contributed by atoms with E-state index in [1.165, 1.54) is 0 Å². The van der Waals surface area contributed by atoms with E-state index >= 15 is 0 Å². The first-order valence-electron chi connectivity index (χ1n) is 6.11. The first-order valence-corrected chi connectivity index (χ1v) is 9.15. The van der Waals surface area contributed by atoms with Gasteiger partial charge in [0.2, 0.25) is 0 Å². The van der Waals surface area contributed by atoms with Crippen LogP contribution in [-0.4, -0.2) is 64.7 Å². The Labute approximate surface area is 122 Å². The molecule has 0 atom stereocenters. The molecule has 0 fully saturated rings. The third-order valence-electron chi connectivity index (χ3n) is 2.87. The molecule has 0 N–H and O–H groups in total. The van der Waals surface area contributed by atoms with Gasteiger partial charge in [0.05, 0.1) is 4.90 Å². The summed E-state index contributed by atoms with van der Waals surface area (Å²) in [6.07, 6.45) is 0. The van der Waals surface area contributed by atoms with Crippen LogP contribution in [0.1, 0.15) is 0 Å². The molecular weight excluding hydrogens is 295 g/mol. The quantitative estimate of drug-likeness (QED) is 0.777. The Morgan fingerprint density at radius 2 is 1.25 bits per heavy atom. The van der Waals surface area contributed by atoms with E-state index in [0.717, 1.165) is 0 Å². The second-order valence-corrected chi connectivity index (χ2v) is 10.5. The van der Waals surface area contributed by atoms with E-state index in [-0.39, 0.29) is 4.90 Å². The molecule has 0 unspecified atom stereocenters. The van der Waals surface area contributed by atoms with Gasteiger partial charge in [-0.05, 0) is 54.4 Å². The highest BCUT2D eigenvalue weighted by atomic mass is 32.2. The van der Waals surface area contributed by atoms with E-state index < -0.39 is 17.5 Å². The molecule has 0 spiro atoms. The van der Waals surface area contributed by atoms with E-state index in [4.69, 9.17) is 0 Å². The fourth-order valence-corrected chi connectivity index (χ4v) is 8.01. The van der Waals surface area contributed by atoms with Gasteiger partial charge in [-0.1, -0.05) is 18.2 Å². The second-order valence-electron chi connectivity index (χ2n) is 4.95. The molecule has 0 amide bonds. The minimum absolute atomic E-state index is 0.218. The lowest BCUT2D eigenvalue weighted by molar-refractivity contribution is 0.474. The lowest BCUT2D eigenvalue weighted by Crippen LogP contribution is -2.31. The fourth-order valence-electron chi connectivity index (χ4n) is 2.08. The first kappa shape index (κ1) is 17.3. The average Bonchev–Trinajstić information content (AvgIpc) is 2.35. The second kappa shape index (κ2) is 6.37. The van der Waals surface area contributed by atoms with Crippen LogP contribution in [0.25, 0.3) is 0 Å². The van der Waals surface area contributed by atoms with E-state index in [0.29, 0.717) is 0 Å². The third kappa shape index (κ3) is 3.30. The monoisotopic (exact) mass is 318 g/mol. The molecule has 0 saturated heterocycles. The molecular formula is C12H23N4O2PS. The maximum Gasteiger partial charge on any atom is 0.284 e. The average molecular weight is 318 g/mol. The zero-order valence-electron chi connectivity index (χ0n) is 12.8. The van der Waals surface area contributed by atoms with Crippen LogP contribution >= 0.6 is 7.51 Å². The van der Waals surface area contributed by atoms with Crippen molar-refractivity contribution < 1.29 is 8.42 Å². The highest BCUT2D eigenvalue weighted by molar-refractivity contribution is 7.93. The van der Waals surface area contributed by atoms with Gasteiger partial charge in [0.25, 0.3) is 10.0 Å². The molecule has 114 valence electrons. The van der Waals surface area contributed by atoms with Crippen LogP contribution in [0.5, 0.6) is 0 Å². The topological polar surface area (TPSA) is 56.2 Å². The Bertz CT molecular complexity index is 569. The normalized spacial score (nSPS) is 13.2. The van der Waals surface area contributed by atoms with Crippen molar-refractivity contribution in [3.05, 3.63) is 30.3 Å². The number of benzene rings is 1.